The highest BCUT2D eigenvalue weighted by atomic mass is 16.5. The molecule has 1 N–H and O–H groups in total. The molecule has 0 bridgehead atoms. The molecule has 4 nitrogen and oxygen atoms in total. The van der Waals surface area contributed by atoms with E-state index in [1.165, 1.54) is 5.56 Å². The zero-order valence-electron chi connectivity index (χ0n) is 14.2. The van der Waals surface area contributed by atoms with Crippen molar-refractivity contribution >= 4 is 11.6 Å². The van der Waals surface area contributed by atoms with Gasteiger partial charge in [-0.15, -0.1) is 0 Å². The second-order valence-electron chi connectivity index (χ2n) is 6.47. The molecular weight excluding hydrogens is 300 g/mol. The molecule has 0 saturated heterocycles. The molecule has 1 heterocycles. The van der Waals surface area contributed by atoms with Crippen LogP contribution in [-0.4, -0.2) is 24.6 Å². The third-order valence-electron chi connectivity index (χ3n) is 4.11. The molecule has 0 fully saturated rings. The van der Waals surface area contributed by atoms with E-state index in [1.54, 1.807) is 0 Å². The Morgan fingerprint density at radius 2 is 1.88 bits per heavy atom. The van der Waals surface area contributed by atoms with Gasteiger partial charge in [-0.3, -0.25) is 4.79 Å². The summed E-state index contributed by atoms with van der Waals surface area (Å²) in [7, 11) is 0. The molecule has 3 rings (SSSR count). The van der Waals surface area contributed by atoms with Crippen molar-refractivity contribution in [1.29, 1.82) is 0 Å². The van der Waals surface area contributed by atoms with Gasteiger partial charge in [0.1, 0.15) is 12.4 Å². The van der Waals surface area contributed by atoms with E-state index < -0.39 is 0 Å². The van der Waals surface area contributed by atoms with E-state index in [4.69, 9.17) is 4.74 Å². The second-order valence-corrected chi connectivity index (χ2v) is 6.47. The number of benzene rings is 2. The fourth-order valence-electron chi connectivity index (χ4n) is 3.05. The highest BCUT2D eigenvalue weighted by Gasteiger charge is 2.29. The predicted octanol–water partition coefficient (Wildman–Crippen LogP) is 3.37. The number of hydrogen-bond donors (Lipinski definition) is 1. The maximum atomic E-state index is 12.2. The third kappa shape index (κ3) is 3.88. The van der Waals surface area contributed by atoms with Crippen LogP contribution in [0.15, 0.2) is 54.6 Å². The molecule has 1 unspecified atom stereocenters. The number of amides is 1. The van der Waals surface area contributed by atoms with Crippen molar-refractivity contribution in [2.24, 2.45) is 0 Å². The molecular formula is C20H24N2O2. The van der Waals surface area contributed by atoms with Crippen molar-refractivity contribution < 1.29 is 9.53 Å². The van der Waals surface area contributed by atoms with Gasteiger partial charge in [0.25, 0.3) is 0 Å². The van der Waals surface area contributed by atoms with Gasteiger partial charge < -0.3 is 15.0 Å². The first-order valence-electron chi connectivity index (χ1n) is 8.45. The van der Waals surface area contributed by atoms with Gasteiger partial charge in [0.2, 0.25) is 5.91 Å². The zero-order valence-corrected chi connectivity index (χ0v) is 14.2. The molecule has 0 spiro atoms. The number of fused-ring (bicyclic) bond motifs is 1. The lowest BCUT2D eigenvalue weighted by Gasteiger charge is -2.38. The van der Waals surface area contributed by atoms with E-state index in [1.807, 2.05) is 50.2 Å². The van der Waals surface area contributed by atoms with Crippen LogP contribution in [0.25, 0.3) is 0 Å². The summed E-state index contributed by atoms with van der Waals surface area (Å²) >= 11 is 0. The summed E-state index contributed by atoms with van der Waals surface area (Å²) in [5.41, 5.74) is 2.28. The van der Waals surface area contributed by atoms with E-state index >= 15 is 0 Å². The monoisotopic (exact) mass is 324 g/mol. The number of para-hydroxylation sites is 2. The van der Waals surface area contributed by atoms with Crippen molar-refractivity contribution in [3.63, 3.8) is 0 Å². The van der Waals surface area contributed by atoms with Crippen LogP contribution in [0.4, 0.5) is 5.69 Å². The number of hydrogen-bond acceptors (Lipinski definition) is 3. The van der Waals surface area contributed by atoms with Gasteiger partial charge in [0, 0.05) is 12.6 Å². The Kier molecular flexibility index (Phi) is 5.04. The molecule has 0 aromatic heterocycles. The molecule has 126 valence electrons. The molecule has 2 aromatic carbocycles. The summed E-state index contributed by atoms with van der Waals surface area (Å²) < 4.78 is 5.89. The molecule has 4 heteroatoms. The van der Waals surface area contributed by atoms with Crippen LogP contribution >= 0.6 is 0 Å². The topological polar surface area (TPSA) is 41.6 Å². The Morgan fingerprint density at radius 3 is 2.62 bits per heavy atom. The fourth-order valence-corrected chi connectivity index (χ4v) is 3.05. The van der Waals surface area contributed by atoms with Gasteiger partial charge in [0.05, 0.1) is 18.2 Å². The quantitative estimate of drug-likeness (QED) is 0.917. The number of rotatable bonds is 5. The lowest BCUT2D eigenvalue weighted by atomic mass is 10.1. The number of ether oxygens (including phenoxy) is 1. The average molecular weight is 324 g/mol. The molecule has 0 radical (unpaired) electrons. The minimum absolute atomic E-state index is 0.0267. The SMILES string of the molecule is CC(C)NC(=O)CC1COc2ccccc2N1Cc1ccccc1. The van der Waals surface area contributed by atoms with Gasteiger partial charge in [-0.2, -0.15) is 0 Å². The predicted molar refractivity (Wildman–Crippen MR) is 96.2 cm³/mol. The first-order valence-corrected chi connectivity index (χ1v) is 8.45. The van der Waals surface area contributed by atoms with Crippen LogP contribution < -0.4 is 15.0 Å². The summed E-state index contributed by atoms with van der Waals surface area (Å²) in [6, 6.07) is 18.5. The lowest BCUT2D eigenvalue weighted by Crippen LogP contribution is -2.46. The molecule has 0 aliphatic carbocycles. The number of nitrogens with zero attached hydrogens (tertiary/aromatic N) is 1. The number of carbonyl (C=O) groups excluding carboxylic acids is 1. The zero-order chi connectivity index (χ0) is 16.9. The lowest BCUT2D eigenvalue weighted by molar-refractivity contribution is -0.122. The molecule has 1 amide bonds. The summed E-state index contributed by atoms with van der Waals surface area (Å²) in [6.45, 7) is 5.24. The highest BCUT2D eigenvalue weighted by molar-refractivity contribution is 5.78. The minimum Gasteiger partial charge on any atom is -0.489 e. The molecule has 1 aliphatic rings. The van der Waals surface area contributed by atoms with Crippen LogP contribution in [-0.2, 0) is 11.3 Å². The minimum atomic E-state index is 0.0267. The summed E-state index contributed by atoms with van der Waals surface area (Å²) in [4.78, 5) is 14.5. The van der Waals surface area contributed by atoms with Crippen molar-refractivity contribution in [3.05, 3.63) is 60.2 Å². The molecule has 24 heavy (non-hydrogen) atoms. The standard InChI is InChI=1S/C20H24N2O2/c1-15(2)21-20(23)12-17-14-24-19-11-7-6-10-18(19)22(17)13-16-8-4-3-5-9-16/h3-11,15,17H,12-14H2,1-2H3,(H,21,23). The molecule has 1 aliphatic heterocycles. The Labute approximate surface area is 143 Å². The Hall–Kier alpha value is -2.49. The normalized spacial score (nSPS) is 16.5. The van der Waals surface area contributed by atoms with E-state index in [0.717, 1.165) is 18.0 Å². The van der Waals surface area contributed by atoms with Crippen LogP contribution in [0.2, 0.25) is 0 Å². The number of anilines is 1. The first-order chi connectivity index (χ1) is 11.6. The van der Waals surface area contributed by atoms with Gasteiger partial charge in [-0.1, -0.05) is 42.5 Å². The van der Waals surface area contributed by atoms with Crippen LogP contribution in [0.1, 0.15) is 25.8 Å². The maximum absolute atomic E-state index is 12.2. The van der Waals surface area contributed by atoms with Crippen molar-refractivity contribution in [3.8, 4) is 5.75 Å². The fraction of sp³-hybridized carbons (Fsp3) is 0.350. The smallest absolute Gasteiger partial charge is 0.222 e. The largest absolute Gasteiger partial charge is 0.489 e. The Bertz CT molecular complexity index is 685. The van der Waals surface area contributed by atoms with E-state index in [-0.39, 0.29) is 18.0 Å². The number of nitrogens with one attached hydrogen (secondary N) is 1. The van der Waals surface area contributed by atoms with Gasteiger partial charge in [-0.05, 0) is 31.5 Å². The van der Waals surface area contributed by atoms with Gasteiger partial charge in [0.15, 0.2) is 0 Å². The van der Waals surface area contributed by atoms with Crippen molar-refractivity contribution in [1.82, 2.24) is 5.32 Å². The Morgan fingerprint density at radius 1 is 1.17 bits per heavy atom. The average Bonchev–Trinajstić information content (AvgIpc) is 2.57. The third-order valence-corrected chi connectivity index (χ3v) is 4.11. The summed E-state index contributed by atoms with van der Waals surface area (Å²) in [5.74, 6) is 0.949. The van der Waals surface area contributed by atoms with E-state index in [0.29, 0.717) is 13.0 Å². The van der Waals surface area contributed by atoms with Crippen molar-refractivity contribution in [2.45, 2.75) is 38.9 Å². The van der Waals surface area contributed by atoms with Gasteiger partial charge >= 0.3 is 0 Å². The van der Waals surface area contributed by atoms with Gasteiger partial charge in [-0.25, -0.2) is 0 Å². The van der Waals surface area contributed by atoms with Crippen molar-refractivity contribution in [2.75, 3.05) is 11.5 Å². The summed E-state index contributed by atoms with van der Waals surface area (Å²) in [5, 5.41) is 2.98. The van der Waals surface area contributed by atoms with Crippen LogP contribution in [0, 0.1) is 0 Å². The highest BCUT2D eigenvalue weighted by Crippen LogP contribution is 2.35. The second kappa shape index (κ2) is 7.39. The van der Waals surface area contributed by atoms with Crippen LogP contribution in [0.5, 0.6) is 5.75 Å². The van der Waals surface area contributed by atoms with E-state index in [9.17, 15) is 4.79 Å². The molecule has 2 aromatic rings. The molecule has 0 saturated carbocycles. The first kappa shape index (κ1) is 16.4. The number of carbonyl (C=O) groups is 1. The Balaban J connectivity index is 1.83. The van der Waals surface area contributed by atoms with Crippen LogP contribution in [0.3, 0.4) is 0 Å². The van der Waals surface area contributed by atoms with E-state index in [2.05, 4.69) is 28.4 Å². The maximum Gasteiger partial charge on any atom is 0.222 e. The molecule has 1 atom stereocenters. The summed E-state index contributed by atoms with van der Waals surface area (Å²) in [6.07, 6.45) is 0.430.